The van der Waals surface area contributed by atoms with E-state index >= 15 is 0 Å². The predicted octanol–water partition coefficient (Wildman–Crippen LogP) is 1.21. The highest BCUT2D eigenvalue weighted by Gasteiger charge is 2.24. The van der Waals surface area contributed by atoms with Crippen LogP contribution in [0.1, 0.15) is 33.1 Å². The first-order valence-electron chi connectivity index (χ1n) is 7.74. The minimum absolute atomic E-state index is 0.255. The molecule has 0 saturated heterocycles. The molecule has 1 heterocycles. The van der Waals surface area contributed by atoms with Crippen LogP contribution in [0.15, 0.2) is 17.3 Å². The second-order valence-electron chi connectivity index (χ2n) is 5.93. The zero-order chi connectivity index (χ0) is 15.3. The van der Waals surface area contributed by atoms with Gasteiger partial charge in [-0.1, -0.05) is 20.3 Å². The molecule has 2 unspecified atom stereocenters. The van der Waals surface area contributed by atoms with E-state index in [1.165, 1.54) is 12.6 Å². The molecule has 0 bridgehead atoms. The summed E-state index contributed by atoms with van der Waals surface area (Å²) in [5.74, 6) is 1.19. The summed E-state index contributed by atoms with van der Waals surface area (Å²) >= 11 is 0. The Labute approximate surface area is 127 Å². The number of sulfonamides is 1. The van der Waals surface area contributed by atoms with Crippen molar-refractivity contribution < 1.29 is 8.42 Å². The second kappa shape index (κ2) is 7.38. The van der Waals surface area contributed by atoms with Crippen molar-refractivity contribution in [3.8, 4) is 0 Å². The van der Waals surface area contributed by atoms with E-state index in [4.69, 9.17) is 0 Å². The maximum atomic E-state index is 12.2. The van der Waals surface area contributed by atoms with Gasteiger partial charge in [0.1, 0.15) is 4.90 Å². The molecule has 0 amide bonds. The average Bonchev–Trinajstić information content (AvgIpc) is 3.06. The highest BCUT2D eigenvalue weighted by atomic mass is 32.2. The largest absolute Gasteiger partial charge is 0.315 e. The van der Waals surface area contributed by atoms with Crippen LogP contribution in [0.5, 0.6) is 0 Å². The van der Waals surface area contributed by atoms with Crippen LogP contribution < -0.4 is 10.0 Å². The number of hydrogen-bond donors (Lipinski definition) is 2. The van der Waals surface area contributed by atoms with E-state index < -0.39 is 10.0 Å². The number of hydrogen-bond acceptors (Lipinski definition) is 4. The van der Waals surface area contributed by atoms with Crippen LogP contribution in [0.2, 0.25) is 0 Å². The minimum Gasteiger partial charge on any atom is -0.315 e. The molecular weight excluding hydrogens is 288 g/mol. The van der Waals surface area contributed by atoms with Gasteiger partial charge in [0.05, 0.1) is 12.7 Å². The Morgan fingerprint density at radius 1 is 1.43 bits per heavy atom. The molecular formula is C14H26N4O2S. The Balaban J connectivity index is 1.87. The van der Waals surface area contributed by atoms with Crippen LogP contribution in [0.3, 0.4) is 0 Å². The molecule has 1 aliphatic carbocycles. The summed E-state index contributed by atoms with van der Waals surface area (Å²) in [6.07, 6.45) is 6.45. The smallest absolute Gasteiger partial charge is 0.243 e. The van der Waals surface area contributed by atoms with E-state index in [9.17, 15) is 8.42 Å². The summed E-state index contributed by atoms with van der Waals surface area (Å²) in [5, 5.41) is 7.29. The van der Waals surface area contributed by atoms with Gasteiger partial charge in [0.25, 0.3) is 0 Å². The fraction of sp³-hybridized carbons (Fsp3) is 0.786. The van der Waals surface area contributed by atoms with Gasteiger partial charge in [0, 0.05) is 19.3 Å². The third-order valence-corrected chi connectivity index (χ3v) is 5.43. The zero-order valence-corrected chi connectivity index (χ0v) is 13.7. The van der Waals surface area contributed by atoms with Gasteiger partial charge in [-0.2, -0.15) is 5.10 Å². The van der Waals surface area contributed by atoms with Crippen molar-refractivity contribution in [2.75, 3.05) is 19.6 Å². The molecule has 1 fully saturated rings. The maximum absolute atomic E-state index is 12.2. The summed E-state index contributed by atoms with van der Waals surface area (Å²) in [6.45, 7) is 7.15. The van der Waals surface area contributed by atoms with Gasteiger partial charge in [-0.15, -0.1) is 0 Å². The van der Waals surface area contributed by atoms with E-state index in [1.807, 2.05) is 6.92 Å². The van der Waals surface area contributed by atoms with Gasteiger partial charge in [-0.25, -0.2) is 13.1 Å². The SMILES string of the molecule is CCNCCn1cc(S(=O)(=O)NCC2CCC(C)C2)cn1. The van der Waals surface area contributed by atoms with Gasteiger partial charge in [-0.05, 0) is 31.2 Å². The molecule has 1 saturated carbocycles. The van der Waals surface area contributed by atoms with Gasteiger partial charge >= 0.3 is 0 Å². The molecule has 2 N–H and O–H groups in total. The van der Waals surface area contributed by atoms with Crippen LogP contribution in [-0.2, 0) is 16.6 Å². The standard InChI is InChI=1S/C14H26N4O2S/c1-3-15-6-7-18-11-14(10-16-18)21(19,20)17-9-13-5-4-12(2)8-13/h10-13,15,17H,3-9H2,1-2H3. The molecule has 6 nitrogen and oxygen atoms in total. The lowest BCUT2D eigenvalue weighted by atomic mass is 10.1. The molecule has 2 atom stereocenters. The van der Waals surface area contributed by atoms with Crippen molar-refractivity contribution in [1.29, 1.82) is 0 Å². The molecule has 0 aliphatic heterocycles. The quantitative estimate of drug-likeness (QED) is 0.707. The molecule has 1 aromatic heterocycles. The van der Waals surface area contributed by atoms with Crippen LogP contribution in [0, 0.1) is 11.8 Å². The zero-order valence-electron chi connectivity index (χ0n) is 12.9. The highest BCUT2D eigenvalue weighted by Crippen LogP contribution is 2.29. The van der Waals surface area contributed by atoms with Crippen molar-refractivity contribution in [3.05, 3.63) is 12.4 Å². The van der Waals surface area contributed by atoms with Gasteiger partial charge in [-0.3, -0.25) is 4.68 Å². The van der Waals surface area contributed by atoms with E-state index in [0.29, 0.717) is 24.9 Å². The summed E-state index contributed by atoms with van der Waals surface area (Å²) in [6, 6.07) is 0. The van der Waals surface area contributed by atoms with Crippen molar-refractivity contribution in [2.24, 2.45) is 11.8 Å². The summed E-state index contributed by atoms with van der Waals surface area (Å²) in [4.78, 5) is 0.255. The van der Waals surface area contributed by atoms with Crippen molar-refractivity contribution in [1.82, 2.24) is 19.8 Å². The lowest BCUT2D eigenvalue weighted by molar-refractivity contribution is 0.498. The first-order chi connectivity index (χ1) is 10.0. The number of aromatic nitrogens is 2. The van der Waals surface area contributed by atoms with Crippen molar-refractivity contribution in [3.63, 3.8) is 0 Å². The molecule has 0 aromatic carbocycles. The van der Waals surface area contributed by atoms with Gasteiger partial charge < -0.3 is 5.32 Å². The minimum atomic E-state index is -3.43. The monoisotopic (exact) mass is 314 g/mol. The highest BCUT2D eigenvalue weighted by molar-refractivity contribution is 7.89. The second-order valence-corrected chi connectivity index (χ2v) is 7.70. The Hall–Kier alpha value is -0.920. The first kappa shape index (κ1) is 16.5. The van der Waals surface area contributed by atoms with E-state index in [-0.39, 0.29) is 4.90 Å². The number of likely N-dealkylation sites (N-methyl/N-ethyl adjacent to an activating group) is 1. The number of nitrogens with one attached hydrogen (secondary N) is 2. The summed E-state index contributed by atoms with van der Waals surface area (Å²) < 4.78 is 28.9. The molecule has 2 rings (SSSR count). The molecule has 7 heteroatoms. The first-order valence-corrected chi connectivity index (χ1v) is 9.22. The Morgan fingerprint density at radius 3 is 2.90 bits per heavy atom. The van der Waals surface area contributed by atoms with Crippen molar-refractivity contribution >= 4 is 10.0 Å². The summed E-state index contributed by atoms with van der Waals surface area (Å²) in [7, 11) is -3.43. The molecule has 1 aliphatic rings. The van der Waals surface area contributed by atoms with Gasteiger partial charge in [0.2, 0.25) is 10.0 Å². The topological polar surface area (TPSA) is 76.0 Å². The van der Waals surface area contributed by atoms with E-state index in [0.717, 1.165) is 25.9 Å². The average molecular weight is 314 g/mol. The van der Waals surface area contributed by atoms with Crippen LogP contribution in [0.4, 0.5) is 0 Å². The van der Waals surface area contributed by atoms with Crippen LogP contribution in [-0.4, -0.2) is 37.8 Å². The number of nitrogens with zero attached hydrogens (tertiary/aromatic N) is 2. The third kappa shape index (κ3) is 4.79. The fourth-order valence-corrected chi connectivity index (χ4v) is 3.87. The van der Waals surface area contributed by atoms with Crippen LogP contribution in [0.25, 0.3) is 0 Å². The maximum Gasteiger partial charge on any atom is 0.243 e. The van der Waals surface area contributed by atoms with E-state index in [2.05, 4.69) is 22.1 Å². The normalized spacial score (nSPS) is 22.8. The predicted molar refractivity (Wildman–Crippen MR) is 82.5 cm³/mol. The van der Waals surface area contributed by atoms with E-state index in [1.54, 1.807) is 10.9 Å². The van der Waals surface area contributed by atoms with Crippen molar-refractivity contribution in [2.45, 2.75) is 44.6 Å². The molecule has 120 valence electrons. The Morgan fingerprint density at radius 2 is 2.24 bits per heavy atom. The lowest BCUT2D eigenvalue weighted by Gasteiger charge is -2.10. The number of rotatable bonds is 8. The fourth-order valence-electron chi connectivity index (χ4n) is 2.80. The molecule has 0 radical (unpaired) electrons. The molecule has 0 spiro atoms. The third-order valence-electron chi connectivity index (χ3n) is 4.05. The van der Waals surface area contributed by atoms with Crippen LogP contribution >= 0.6 is 0 Å². The molecule has 1 aromatic rings. The van der Waals surface area contributed by atoms with Gasteiger partial charge in [0.15, 0.2) is 0 Å². The Bertz CT molecular complexity index is 541. The lowest BCUT2D eigenvalue weighted by Crippen LogP contribution is -2.28. The summed E-state index contributed by atoms with van der Waals surface area (Å²) in [5.41, 5.74) is 0. The molecule has 21 heavy (non-hydrogen) atoms. The Kier molecular flexibility index (Phi) is 5.78.